The highest BCUT2D eigenvalue weighted by Gasteiger charge is 2.60. The minimum atomic E-state index is -1.32. The molecular weight excluding hydrogens is 642 g/mol. The van der Waals surface area contributed by atoms with Gasteiger partial charge in [-0.25, -0.2) is 4.98 Å². The summed E-state index contributed by atoms with van der Waals surface area (Å²) in [7, 11) is 0. The zero-order valence-electron chi connectivity index (χ0n) is 28.0. The molecule has 7 amide bonds. The Morgan fingerprint density at radius 2 is 1.43 bits per heavy atom. The molecule has 4 unspecified atom stereocenters. The maximum Gasteiger partial charge on any atom is 0.250 e. The summed E-state index contributed by atoms with van der Waals surface area (Å²) in [5.74, 6) is -3.20. The smallest absolute Gasteiger partial charge is 0.250 e. The van der Waals surface area contributed by atoms with Gasteiger partial charge in [-0.15, -0.1) is 0 Å². The number of aliphatic hydroxyl groups excluding tert-OH is 1. The van der Waals surface area contributed by atoms with Crippen LogP contribution in [0.15, 0.2) is 12.3 Å². The predicted octanol–water partition coefficient (Wildman–Crippen LogP) is -2.80. The van der Waals surface area contributed by atoms with E-state index < -0.39 is 53.1 Å². The molecule has 0 bridgehead atoms. The van der Waals surface area contributed by atoms with Crippen LogP contribution >= 0.6 is 0 Å². The monoisotopic (exact) mass is 685 g/mol. The Hall–Kier alpha value is -4.87. The molecule has 266 valence electrons. The number of aromatic nitrogens is 2. The van der Waals surface area contributed by atoms with Gasteiger partial charge >= 0.3 is 0 Å². The van der Waals surface area contributed by atoms with Crippen LogP contribution in [0.4, 0.5) is 0 Å². The van der Waals surface area contributed by atoms with Crippen LogP contribution in [0.5, 0.6) is 5.88 Å². The Bertz CT molecular complexity index is 1560. The second-order valence-corrected chi connectivity index (χ2v) is 13.2. The molecule has 2 spiro atoms. The number of primary amides is 1. The van der Waals surface area contributed by atoms with Crippen molar-refractivity contribution in [3.63, 3.8) is 0 Å². The first kappa shape index (κ1) is 35.4. The van der Waals surface area contributed by atoms with E-state index in [9.17, 15) is 38.7 Å². The number of ether oxygens (including phenoxy) is 1. The first-order valence-corrected chi connectivity index (χ1v) is 16.3. The van der Waals surface area contributed by atoms with Crippen molar-refractivity contribution in [2.24, 2.45) is 5.73 Å². The maximum atomic E-state index is 13.0. The maximum absolute atomic E-state index is 13.0. The summed E-state index contributed by atoms with van der Waals surface area (Å²) in [4.78, 5) is 102. The van der Waals surface area contributed by atoms with Crippen LogP contribution in [-0.4, -0.2) is 145 Å². The molecule has 0 saturated carbocycles. The van der Waals surface area contributed by atoms with E-state index >= 15 is 0 Å². The third-order valence-electron chi connectivity index (χ3n) is 9.81. The van der Waals surface area contributed by atoms with Crippen molar-refractivity contribution in [1.82, 2.24) is 40.2 Å². The third kappa shape index (κ3) is 6.60. The van der Waals surface area contributed by atoms with Crippen molar-refractivity contribution in [1.29, 1.82) is 0 Å². The van der Waals surface area contributed by atoms with Gasteiger partial charge in [0.2, 0.25) is 35.4 Å². The van der Waals surface area contributed by atoms with Crippen molar-refractivity contribution in [2.75, 3.05) is 39.3 Å². The second kappa shape index (κ2) is 13.6. The fraction of sp³-hybridized carbons (Fsp3) is 0.645. The number of carbonyl (C=O) groups is 7. The minimum Gasteiger partial charge on any atom is -0.472 e. The summed E-state index contributed by atoms with van der Waals surface area (Å²) in [5.41, 5.74) is 3.76. The summed E-state index contributed by atoms with van der Waals surface area (Å²) < 4.78 is 5.81. The van der Waals surface area contributed by atoms with Crippen LogP contribution in [0, 0.1) is 0 Å². The van der Waals surface area contributed by atoms with E-state index in [2.05, 4.69) is 20.6 Å². The number of hydrogen-bond acceptors (Lipinski definition) is 11. The highest BCUT2D eigenvalue weighted by Crippen LogP contribution is 2.40. The highest BCUT2D eigenvalue weighted by atomic mass is 16.5. The molecule has 49 heavy (non-hydrogen) atoms. The number of aliphatic hydroxyl groups is 1. The van der Waals surface area contributed by atoms with Crippen LogP contribution < -0.4 is 21.1 Å². The lowest BCUT2D eigenvalue weighted by Crippen LogP contribution is -2.73. The van der Waals surface area contributed by atoms with Crippen LogP contribution in [-0.2, 0) is 33.6 Å². The van der Waals surface area contributed by atoms with E-state index in [1.54, 1.807) is 4.90 Å². The van der Waals surface area contributed by atoms with Gasteiger partial charge in [0.05, 0.1) is 32.3 Å². The van der Waals surface area contributed by atoms with Crippen LogP contribution in [0.3, 0.4) is 0 Å². The van der Waals surface area contributed by atoms with Gasteiger partial charge in [-0.3, -0.25) is 33.6 Å². The Kier molecular flexibility index (Phi) is 9.81. The SMILES string of the molecule is CC(=O)N1CCCC12CN(CC(=O)NC(c1nccc(O[C@H](C)[C@H](NC(=O)CN3CC4(CCCN4C(C)=O)C3=O)C(N)=O)n1)C(C)O)C2=O. The summed E-state index contributed by atoms with van der Waals surface area (Å²) in [6.45, 7) is 6.52. The molecule has 4 saturated heterocycles. The first-order valence-electron chi connectivity index (χ1n) is 16.3. The molecule has 18 heteroatoms. The highest BCUT2D eigenvalue weighted by molar-refractivity contribution is 6.00. The number of nitrogens with one attached hydrogen (secondary N) is 2. The third-order valence-corrected chi connectivity index (χ3v) is 9.81. The lowest BCUT2D eigenvalue weighted by Gasteiger charge is -2.50. The number of carbonyl (C=O) groups excluding carboxylic acids is 7. The predicted molar refractivity (Wildman–Crippen MR) is 168 cm³/mol. The number of rotatable bonds is 12. The van der Waals surface area contributed by atoms with Gasteiger partial charge in [-0.2, -0.15) is 4.98 Å². The topological polar surface area (TPSA) is 238 Å². The second-order valence-electron chi connectivity index (χ2n) is 13.2. The van der Waals surface area contributed by atoms with Gasteiger partial charge in [0, 0.05) is 39.2 Å². The number of nitrogens with two attached hydrogens (primary N) is 1. The molecule has 5 rings (SSSR count). The Morgan fingerprint density at radius 3 is 1.88 bits per heavy atom. The molecule has 0 aliphatic carbocycles. The van der Waals surface area contributed by atoms with Gasteiger partial charge in [0.1, 0.15) is 29.3 Å². The average Bonchev–Trinajstić information content (AvgIpc) is 3.70. The van der Waals surface area contributed by atoms with Gasteiger partial charge in [0.25, 0.3) is 11.8 Å². The molecule has 18 nitrogen and oxygen atoms in total. The van der Waals surface area contributed by atoms with Gasteiger partial charge in [-0.05, 0) is 39.5 Å². The zero-order chi connectivity index (χ0) is 35.8. The molecule has 4 aliphatic rings. The van der Waals surface area contributed by atoms with Crippen LogP contribution in [0.2, 0.25) is 0 Å². The van der Waals surface area contributed by atoms with E-state index in [1.165, 1.54) is 54.7 Å². The van der Waals surface area contributed by atoms with Crippen molar-refractivity contribution in [3.05, 3.63) is 18.1 Å². The van der Waals surface area contributed by atoms with Crippen LogP contribution in [0.1, 0.15) is 65.2 Å². The molecule has 4 aliphatic heterocycles. The average molecular weight is 686 g/mol. The normalized spacial score (nSPS) is 25.4. The Morgan fingerprint density at radius 1 is 0.918 bits per heavy atom. The van der Waals surface area contributed by atoms with Gasteiger partial charge < -0.3 is 45.8 Å². The van der Waals surface area contributed by atoms with Crippen molar-refractivity contribution in [3.8, 4) is 5.88 Å². The number of β-lactam (4-membered cyclic amide) rings is 2. The van der Waals surface area contributed by atoms with Crippen molar-refractivity contribution >= 4 is 41.4 Å². The molecule has 1 aromatic heterocycles. The lowest BCUT2D eigenvalue weighted by molar-refractivity contribution is -0.168. The van der Waals surface area contributed by atoms with Gasteiger partial charge in [0.15, 0.2) is 5.82 Å². The fourth-order valence-corrected chi connectivity index (χ4v) is 7.46. The molecular formula is C31H43N9O9. The number of hydrogen-bond donors (Lipinski definition) is 4. The standard InChI is InChI=1S/C31H43N9O9/c1-17(41)24(34-21(44)13-37-15-30(28(37)47)8-5-11-39(30)19(3)42)27-33-10-7-23(36-27)49-18(2)25(26(32)46)35-22(45)14-38-16-31(29(38)48)9-6-12-40(31)20(4)43/h7,10,17-18,24-25,41H,5-6,8-9,11-16H2,1-4H3,(H2,32,46)(H,34,44)(H,35,45)/t17?,18-,24?,25+,30?,31?/m1/s1. The molecule has 0 aromatic carbocycles. The fourth-order valence-electron chi connectivity index (χ4n) is 7.46. The largest absolute Gasteiger partial charge is 0.472 e. The lowest BCUT2D eigenvalue weighted by atomic mass is 9.85. The van der Waals surface area contributed by atoms with E-state index in [1.807, 2.05) is 0 Å². The summed E-state index contributed by atoms with van der Waals surface area (Å²) >= 11 is 0. The molecule has 5 heterocycles. The number of likely N-dealkylation sites (tertiary alicyclic amines) is 4. The molecule has 6 atom stereocenters. The molecule has 5 N–H and O–H groups in total. The summed E-state index contributed by atoms with van der Waals surface area (Å²) in [6, 6.07) is -1.04. The van der Waals surface area contributed by atoms with E-state index in [4.69, 9.17) is 10.5 Å². The quantitative estimate of drug-likeness (QED) is 0.164. The Balaban J connectivity index is 1.16. The molecule has 4 fully saturated rings. The number of amides is 7. The Labute approximate surface area is 282 Å². The number of nitrogens with zero attached hydrogens (tertiary/aromatic N) is 6. The minimum absolute atomic E-state index is 0.0191. The van der Waals surface area contributed by atoms with Crippen molar-refractivity contribution in [2.45, 2.75) is 88.7 Å². The molecule has 0 radical (unpaired) electrons. The summed E-state index contributed by atoms with van der Waals surface area (Å²) in [5, 5.41) is 15.6. The summed E-state index contributed by atoms with van der Waals surface area (Å²) in [6.07, 6.45) is 1.59. The zero-order valence-corrected chi connectivity index (χ0v) is 28.0. The van der Waals surface area contributed by atoms with Gasteiger partial charge in [-0.1, -0.05) is 0 Å². The van der Waals surface area contributed by atoms with Crippen molar-refractivity contribution < 1.29 is 43.4 Å². The first-order chi connectivity index (χ1) is 23.1. The van der Waals surface area contributed by atoms with E-state index in [-0.39, 0.29) is 61.5 Å². The van der Waals surface area contributed by atoms with E-state index in [0.717, 1.165) is 0 Å². The van der Waals surface area contributed by atoms with E-state index in [0.29, 0.717) is 38.8 Å². The molecule has 1 aromatic rings. The van der Waals surface area contributed by atoms with Crippen LogP contribution in [0.25, 0.3) is 0 Å².